The third-order valence-electron chi connectivity index (χ3n) is 4.03. The number of hydrogen-bond acceptors (Lipinski definition) is 1. The Morgan fingerprint density at radius 3 is 2.46 bits per heavy atom. The highest BCUT2D eigenvalue weighted by Crippen LogP contribution is 2.22. The normalized spacial score (nSPS) is 11.2. The molecular weight excluding hydrogens is 318 g/mol. The highest BCUT2D eigenvalue weighted by molar-refractivity contribution is 5.96. The maximum atomic E-state index is 6.19. The highest BCUT2D eigenvalue weighted by Gasteiger charge is 2.06. The molecule has 0 atom stereocenters. The van der Waals surface area contributed by atoms with E-state index >= 15 is 0 Å². The maximum absolute atomic E-state index is 6.19. The molecule has 0 amide bonds. The maximum Gasteiger partial charge on any atom is 0.200 e. The molecule has 0 saturated heterocycles. The average molecular weight is 340 g/mol. The van der Waals surface area contributed by atoms with Gasteiger partial charge in [0.1, 0.15) is 0 Å². The molecule has 0 unspecified atom stereocenters. The van der Waals surface area contributed by atoms with E-state index in [-0.39, 0.29) is 12.4 Å². The topological polar surface area (TPSA) is 41.6 Å². The third-order valence-corrected chi connectivity index (χ3v) is 4.03. The Kier molecular flexibility index (Phi) is 5.83. The van der Waals surface area contributed by atoms with Gasteiger partial charge in [0.2, 0.25) is 5.96 Å². The van der Waals surface area contributed by atoms with E-state index in [1.54, 1.807) is 0 Å². The van der Waals surface area contributed by atoms with E-state index in [9.17, 15) is 0 Å². The number of guanidine groups is 1. The van der Waals surface area contributed by atoms with Crippen LogP contribution < -0.4 is 10.6 Å². The molecule has 0 radical (unpaired) electrons. The van der Waals surface area contributed by atoms with E-state index in [0.29, 0.717) is 5.96 Å². The van der Waals surface area contributed by atoms with Crippen molar-refractivity contribution >= 4 is 40.5 Å². The molecule has 0 fully saturated rings. The minimum atomic E-state index is 0. The van der Waals surface area contributed by atoms with Gasteiger partial charge in [0.15, 0.2) is 0 Å². The van der Waals surface area contributed by atoms with E-state index in [2.05, 4.69) is 48.3 Å². The van der Waals surface area contributed by atoms with E-state index in [0.717, 1.165) is 23.2 Å². The van der Waals surface area contributed by atoms with Crippen LogP contribution in [0.15, 0.2) is 71.7 Å². The minimum Gasteiger partial charge on any atom is -0.369 e. The second kappa shape index (κ2) is 7.84. The molecular formula is C20H22ClN3. The Morgan fingerprint density at radius 1 is 0.958 bits per heavy atom. The second-order valence-corrected chi connectivity index (χ2v) is 5.58. The van der Waals surface area contributed by atoms with Gasteiger partial charge in [-0.1, -0.05) is 49.4 Å². The number of aliphatic imine (C=N–C) groups is 1. The molecule has 0 heterocycles. The van der Waals surface area contributed by atoms with Crippen LogP contribution in [0.25, 0.3) is 10.8 Å². The van der Waals surface area contributed by atoms with E-state index in [1.807, 2.05) is 42.3 Å². The van der Waals surface area contributed by atoms with Gasteiger partial charge in [0.05, 0.1) is 5.69 Å². The molecule has 4 heteroatoms. The zero-order valence-electron chi connectivity index (χ0n) is 13.9. The molecule has 0 bridgehead atoms. The lowest BCUT2D eigenvalue weighted by atomic mass is 10.1. The summed E-state index contributed by atoms with van der Waals surface area (Å²) < 4.78 is 0. The van der Waals surface area contributed by atoms with E-state index in [4.69, 9.17) is 5.73 Å². The van der Waals surface area contributed by atoms with Crippen LogP contribution in [-0.4, -0.2) is 13.0 Å². The van der Waals surface area contributed by atoms with Gasteiger partial charge in [-0.3, -0.25) is 0 Å². The third kappa shape index (κ3) is 3.87. The van der Waals surface area contributed by atoms with Gasteiger partial charge in [-0.05, 0) is 47.0 Å². The zero-order chi connectivity index (χ0) is 16.2. The fourth-order valence-corrected chi connectivity index (χ4v) is 2.57. The van der Waals surface area contributed by atoms with Gasteiger partial charge in [-0.2, -0.15) is 0 Å². The Balaban J connectivity index is 0.00000208. The van der Waals surface area contributed by atoms with Gasteiger partial charge in [0.25, 0.3) is 0 Å². The summed E-state index contributed by atoms with van der Waals surface area (Å²) in [5.74, 6) is 0.480. The lowest BCUT2D eigenvalue weighted by Crippen LogP contribution is -2.33. The van der Waals surface area contributed by atoms with Crippen LogP contribution in [0.5, 0.6) is 0 Å². The van der Waals surface area contributed by atoms with Crippen molar-refractivity contribution in [3.63, 3.8) is 0 Å². The largest absolute Gasteiger partial charge is 0.369 e. The molecule has 3 aromatic carbocycles. The number of rotatable bonds is 3. The summed E-state index contributed by atoms with van der Waals surface area (Å²) in [5.41, 5.74) is 9.39. The fourth-order valence-electron chi connectivity index (χ4n) is 2.57. The van der Waals surface area contributed by atoms with Crippen molar-refractivity contribution in [3.05, 3.63) is 72.3 Å². The van der Waals surface area contributed by atoms with Crippen LogP contribution in [0, 0.1) is 0 Å². The molecule has 3 nitrogen and oxygen atoms in total. The number of benzene rings is 3. The first-order valence-electron chi connectivity index (χ1n) is 7.83. The summed E-state index contributed by atoms with van der Waals surface area (Å²) in [6.07, 6.45) is 1.00. The SMILES string of the molecule is CCc1cccc(N(C)C(N)=Nc2ccc3ccccc3c2)c1.Cl. The Bertz CT molecular complexity index is 858. The number of halogens is 1. The fraction of sp³-hybridized carbons (Fsp3) is 0.150. The standard InChI is InChI=1S/C20H21N3.ClH/c1-3-15-7-6-10-19(13-15)23(2)20(21)22-18-12-11-16-8-4-5-9-17(16)14-18;/h4-14H,3H2,1-2H3,(H2,21,22);1H. The van der Waals surface area contributed by atoms with Gasteiger partial charge in [-0.25, -0.2) is 4.99 Å². The summed E-state index contributed by atoms with van der Waals surface area (Å²) in [6.45, 7) is 2.14. The predicted octanol–water partition coefficient (Wildman–Crippen LogP) is 4.91. The average Bonchev–Trinajstić information content (AvgIpc) is 2.61. The predicted molar refractivity (Wildman–Crippen MR) is 107 cm³/mol. The molecule has 3 aromatic rings. The van der Waals surface area contributed by atoms with Crippen LogP contribution in [0.1, 0.15) is 12.5 Å². The Hall–Kier alpha value is -2.52. The lowest BCUT2D eigenvalue weighted by Gasteiger charge is -2.19. The molecule has 2 N–H and O–H groups in total. The van der Waals surface area contributed by atoms with Crippen LogP contribution >= 0.6 is 12.4 Å². The number of nitrogens with zero attached hydrogens (tertiary/aromatic N) is 2. The molecule has 0 aromatic heterocycles. The first-order chi connectivity index (χ1) is 11.2. The van der Waals surface area contributed by atoms with Gasteiger partial charge in [0, 0.05) is 12.7 Å². The van der Waals surface area contributed by atoms with Gasteiger partial charge >= 0.3 is 0 Å². The van der Waals surface area contributed by atoms with Crippen LogP contribution in [0.3, 0.4) is 0 Å². The molecule has 124 valence electrons. The quantitative estimate of drug-likeness (QED) is 0.544. The van der Waals surface area contributed by atoms with Gasteiger partial charge < -0.3 is 10.6 Å². The Labute approximate surface area is 149 Å². The van der Waals surface area contributed by atoms with Crippen molar-refractivity contribution in [2.45, 2.75) is 13.3 Å². The van der Waals surface area contributed by atoms with Crippen molar-refractivity contribution in [3.8, 4) is 0 Å². The molecule has 0 aliphatic carbocycles. The first-order valence-corrected chi connectivity index (χ1v) is 7.83. The van der Waals surface area contributed by atoms with Crippen LogP contribution in [0.4, 0.5) is 11.4 Å². The number of hydrogen-bond donors (Lipinski definition) is 1. The summed E-state index contributed by atoms with van der Waals surface area (Å²) >= 11 is 0. The molecule has 0 spiro atoms. The lowest BCUT2D eigenvalue weighted by molar-refractivity contribution is 1.13. The highest BCUT2D eigenvalue weighted by atomic mass is 35.5. The Morgan fingerprint density at radius 2 is 1.71 bits per heavy atom. The number of aryl methyl sites for hydroxylation is 1. The van der Waals surface area contributed by atoms with Crippen molar-refractivity contribution in [1.82, 2.24) is 0 Å². The summed E-state index contributed by atoms with van der Waals surface area (Å²) in [6, 6.07) is 22.7. The molecule has 3 rings (SSSR count). The smallest absolute Gasteiger partial charge is 0.200 e. The van der Waals surface area contributed by atoms with Crippen molar-refractivity contribution in [2.24, 2.45) is 10.7 Å². The van der Waals surface area contributed by atoms with Crippen LogP contribution in [0.2, 0.25) is 0 Å². The van der Waals surface area contributed by atoms with Crippen molar-refractivity contribution < 1.29 is 0 Å². The van der Waals surface area contributed by atoms with Crippen LogP contribution in [-0.2, 0) is 6.42 Å². The molecule has 0 saturated carbocycles. The molecule has 0 aliphatic heterocycles. The number of nitrogens with two attached hydrogens (primary N) is 1. The van der Waals surface area contributed by atoms with Crippen molar-refractivity contribution in [1.29, 1.82) is 0 Å². The van der Waals surface area contributed by atoms with E-state index < -0.39 is 0 Å². The summed E-state index contributed by atoms with van der Waals surface area (Å²) in [5, 5.41) is 2.37. The second-order valence-electron chi connectivity index (χ2n) is 5.58. The van der Waals surface area contributed by atoms with Crippen molar-refractivity contribution in [2.75, 3.05) is 11.9 Å². The summed E-state index contributed by atoms with van der Waals surface area (Å²) in [4.78, 5) is 6.47. The van der Waals surface area contributed by atoms with Gasteiger partial charge in [-0.15, -0.1) is 12.4 Å². The minimum absolute atomic E-state index is 0. The first kappa shape index (κ1) is 17.8. The monoisotopic (exact) mass is 339 g/mol. The number of anilines is 1. The van der Waals surface area contributed by atoms with E-state index in [1.165, 1.54) is 10.9 Å². The zero-order valence-corrected chi connectivity index (χ0v) is 14.8. The number of fused-ring (bicyclic) bond motifs is 1. The summed E-state index contributed by atoms with van der Waals surface area (Å²) in [7, 11) is 1.94. The molecule has 0 aliphatic rings. The molecule has 24 heavy (non-hydrogen) atoms.